The van der Waals surface area contributed by atoms with E-state index in [4.69, 9.17) is 15.2 Å². The van der Waals surface area contributed by atoms with Crippen molar-refractivity contribution in [2.24, 2.45) is 0 Å². The first-order valence-electron chi connectivity index (χ1n) is 4.77. The summed E-state index contributed by atoms with van der Waals surface area (Å²) >= 11 is 3.39. The first kappa shape index (κ1) is 12.5. The van der Waals surface area contributed by atoms with Gasteiger partial charge in [-0.15, -0.1) is 0 Å². The highest BCUT2D eigenvalue weighted by atomic mass is 79.9. The second kappa shape index (κ2) is 6.10. The molecule has 0 saturated heterocycles. The van der Waals surface area contributed by atoms with Crippen molar-refractivity contribution in [2.75, 3.05) is 19.5 Å². The lowest BCUT2D eigenvalue weighted by molar-refractivity contribution is -0.000125. The molecule has 0 aliphatic heterocycles. The predicted molar refractivity (Wildman–Crippen MR) is 64.7 cm³/mol. The molecule has 0 aliphatic rings. The van der Waals surface area contributed by atoms with Crippen LogP contribution in [0.25, 0.3) is 0 Å². The molecule has 0 bridgehead atoms. The van der Waals surface area contributed by atoms with Crippen molar-refractivity contribution >= 4 is 21.6 Å². The molecule has 84 valence electrons. The van der Waals surface area contributed by atoms with Gasteiger partial charge in [0, 0.05) is 17.3 Å². The summed E-state index contributed by atoms with van der Waals surface area (Å²) in [6, 6.07) is 5.77. The zero-order chi connectivity index (χ0) is 11.3. The Morgan fingerprint density at radius 3 is 2.73 bits per heavy atom. The fourth-order valence-corrected chi connectivity index (χ4v) is 1.84. The van der Waals surface area contributed by atoms with Gasteiger partial charge in [-0.1, -0.05) is 15.9 Å². The first-order chi connectivity index (χ1) is 7.11. The average Bonchev–Trinajstić information content (AvgIpc) is 2.14. The molecule has 0 amide bonds. The Balaban J connectivity index is 2.50. The zero-order valence-electron chi connectivity index (χ0n) is 9.00. The van der Waals surface area contributed by atoms with Crippen LogP contribution in [0.3, 0.4) is 0 Å². The molecule has 0 aliphatic carbocycles. The van der Waals surface area contributed by atoms with Crippen LogP contribution in [0.15, 0.2) is 22.7 Å². The van der Waals surface area contributed by atoms with Crippen molar-refractivity contribution < 1.29 is 9.47 Å². The van der Waals surface area contributed by atoms with Gasteiger partial charge in [-0.3, -0.25) is 0 Å². The number of halogens is 1. The van der Waals surface area contributed by atoms with Crippen LogP contribution >= 0.6 is 15.9 Å². The molecule has 1 rings (SSSR count). The van der Waals surface area contributed by atoms with Gasteiger partial charge in [0.25, 0.3) is 0 Å². The lowest BCUT2D eigenvalue weighted by Crippen LogP contribution is -2.14. The Bertz CT molecular complexity index is 297. The summed E-state index contributed by atoms with van der Waals surface area (Å²) in [7, 11) is 1.66. The summed E-state index contributed by atoms with van der Waals surface area (Å²) in [5, 5.41) is 0. The number of hydrogen-bond donors (Lipinski definition) is 1. The molecule has 1 unspecified atom stereocenters. The van der Waals surface area contributed by atoms with Crippen molar-refractivity contribution in [3.63, 3.8) is 0 Å². The van der Waals surface area contributed by atoms with Crippen LogP contribution in [-0.4, -0.2) is 19.8 Å². The van der Waals surface area contributed by atoms with Crippen LogP contribution in [-0.2, 0) is 16.1 Å². The number of rotatable bonds is 5. The predicted octanol–water partition coefficient (Wildman–Crippen LogP) is 2.58. The Labute approximate surface area is 98.7 Å². The van der Waals surface area contributed by atoms with E-state index in [2.05, 4.69) is 15.9 Å². The highest BCUT2D eigenvalue weighted by Crippen LogP contribution is 2.18. The smallest absolute Gasteiger partial charge is 0.0784 e. The number of anilines is 1. The Hall–Kier alpha value is -0.580. The maximum Gasteiger partial charge on any atom is 0.0784 e. The lowest BCUT2D eigenvalue weighted by atomic mass is 10.2. The van der Waals surface area contributed by atoms with Crippen LogP contribution in [0.4, 0.5) is 5.69 Å². The van der Waals surface area contributed by atoms with Gasteiger partial charge >= 0.3 is 0 Å². The molecule has 0 spiro atoms. The normalized spacial score (nSPS) is 12.7. The number of benzene rings is 1. The summed E-state index contributed by atoms with van der Waals surface area (Å²) in [5.74, 6) is 0. The van der Waals surface area contributed by atoms with E-state index in [1.165, 1.54) is 0 Å². The van der Waals surface area contributed by atoms with Crippen molar-refractivity contribution in [3.05, 3.63) is 28.2 Å². The molecular formula is C11H16BrNO2. The van der Waals surface area contributed by atoms with E-state index in [-0.39, 0.29) is 6.10 Å². The monoisotopic (exact) mass is 273 g/mol. The van der Waals surface area contributed by atoms with Gasteiger partial charge in [-0.2, -0.15) is 0 Å². The number of nitrogen functional groups attached to an aromatic ring is 1. The van der Waals surface area contributed by atoms with E-state index < -0.39 is 0 Å². The fraction of sp³-hybridized carbons (Fsp3) is 0.455. The van der Waals surface area contributed by atoms with Crippen molar-refractivity contribution in [1.29, 1.82) is 0 Å². The first-order valence-corrected chi connectivity index (χ1v) is 5.56. The molecule has 1 atom stereocenters. The second-order valence-electron chi connectivity index (χ2n) is 3.47. The van der Waals surface area contributed by atoms with Crippen LogP contribution in [0.1, 0.15) is 12.5 Å². The van der Waals surface area contributed by atoms with E-state index in [1.54, 1.807) is 7.11 Å². The van der Waals surface area contributed by atoms with Crippen LogP contribution in [0, 0.1) is 0 Å². The summed E-state index contributed by atoms with van der Waals surface area (Å²) in [4.78, 5) is 0. The summed E-state index contributed by atoms with van der Waals surface area (Å²) in [6.45, 7) is 3.13. The lowest BCUT2D eigenvalue weighted by Gasteiger charge is -2.12. The highest BCUT2D eigenvalue weighted by molar-refractivity contribution is 9.10. The van der Waals surface area contributed by atoms with E-state index in [9.17, 15) is 0 Å². The minimum Gasteiger partial charge on any atom is -0.399 e. The molecule has 1 aromatic carbocycles. The van der Waals surface area contributed by atoms with Gasteiger partial charge in [0.05, 0.1) is 19.3 Å². The minimum absolute atomic E-state index is 0.0928. The van der Waals surface area contributed by atoms with Crippen LogP contribution in [0.2, 0.25) is 0 Å². The maximum atomic E-state index is 5.71. The third-order valence-corrected chi connectivity index (χ3v) is 2.37. The summed E-state index contributed by atoms with van der Waals surface area (Å²) in [6.07, 6.45) is 0.0928. The second-order valence-corrected chi connectivity index (χ2v) is 4.39. The number of nitrogens with two attached hydrogens (primary N) is 1. The van der Waals surface area contributed by atoms with Crippen molar-refractivity contribution in [3.8, 4) is 0 Å². The molecule has 0 radical (unpaired) electrons. The molecule has 0 aromatic heterocycles. The molecule has 4 heteroatoms. The SMILES string of the molecule is COCC(C)OCc1cc(N)cc(Br)c1. The number of hydrogen-bond acceptors (Lipinski definition) is 3. The van der Waals surface area contributed by atoms with Gasteiger partial charge in [0.2, 0.25) is 0 Å². The standard InChI is InChI=1S/C11H16BrNO2/c1-8(6-14-2)15-7-9-3-10(12)5-11(13)4-9/h3-5,8H,6-7,13H2,1-2H3. The Morgan fingerprint density at radius 2 is 2.13 bits per heavy atom. The molecule has 0 saturated carbocycles. The van der Waals surface area contributed by atoms with Gasteiger partial charge in [-0.05, 0) is 30.7 Å². The minimum atomic E-state index is 0.0928. The number of methoxy groups -OCH3 is 1. The Morgan fingerprint density at radius 1 is 1.40 bits per heavy atom. The maximum absolute atomic E-state index is 5.71. The van der Waals surface area contributed by atoms with Crippen LogP contribution < -0.4 is 5.73 Å². The van der Waals surface area contributed by atoms with Gasteiger partial charge in [0.15, 0.2) is 0 Å². The molecule has 15 heavy (non-hydrogen) atoms. The quantitative estimate of drug-likeness (QED) is 0.839. The summed E-state index contributed by atoms with van der Waals surface area (Å²) < 4.78 is 11.5. The third-order valence-electron chi connectivity index (χ3n) is 1.92. The van der Waals surface area contributed by atoms with E-state index in [0.717, 1.165) is 15.7 Å². The average molecular weight is 274 g/mol. The van der Waals surface area contributed by atoms with Crippen molar-refractivity contribution in [2.45, 2.75) is 19.6 Å². The van der Waals surface area contributed by atoms with E-state index in [0.29, 0.717) is 13.2 Å². The summed E-state index contributed by atoms with van der Waals surface area (Å²) in [5.41, 5.74) is 7.51. The molecule has 0 heterocycles. The number of ether oxygens (including phenoxy) is 2. The fourth-order valence-electron chi connectivity index (χ4n) is 1.28. The molecule has 1 aromatic rings. The molecule has 3 nitrogen and oxygen atoms in total. The molecule has 2 N–H and O–H groups in total. The third kappa shape index (κ3) is 4.64. The van der Waals surface area contributed by atoms with E-state index >= 15 is 0 Å². The Kier molecular flexibility index (Phi) is 5.08. The largest absolute Gasteiger partial charge is 0.399 e. The highest BCUT2D eigenvalue weighted by Gasteiger charge is 2.03. The van der Waals surface area contributed by atoms with Gasteiger partial charge < -0.3 is 15.2 Å². The molecule has 0 fully saturated rings. The zero-order valence-corrected chi connectivity index (χ0v) is 10.6. The van der Waals surface area contributed by atoms with Crippen molar-refractivity contribution in [1.82, 2.24) is 0 Å². The van der Waals surface area contributed by atoms with E-state index in [1.807, 2.05) is 25.1 Å². The van der Waals surface area contributed by atoms with Crippen LogP contribution in [0.5, 0.6) is 0 Å². The topological polar surface area (TPSA) is 44.5 Å². The molecular weight excluding hydrogens is 258 g/mol. The van der Waals surface area contributed by atoms with Gasteiger partial charge in [-0.25, -0.2) is 0 Å². The van der Waals surface area contributed by atoms with Gasteiger partial charge in [0.1, 0.15) is 0 Å².